The second-order valence-corrected chi connectivity index (χ2v) is 2.68. The van der Waals surface area contributed by atoms with Gasteiger partial charge >= 0.3 is 0 Å². The lowest BCUT2D eigenvalue weighted by Gasteiger charge is -2.21. The maximum Gasteiger partial charge on any atom is 0.126 e. The highest BCUT2D eigenvalue weighted by molar-refractivity contribution is 5.15. The molecule has 0 N–H and O–H groups in total. The Hall–Kier alpha value is -1.44. The molecule has 0 aromatic rings. The van der Waals surface area contributed by atoms with Gasteiger partial charge in [-0.3, -0.25) is 0 Å². The molecule has 0 saturated carbocycles. The third-order valence-electron chi connectivity index (χ3n) is 1.86. The first-order chi connectivity index (χ1) is 5.97. The Morgan fingerprint density at radius 1 is 0.833 bits per heavy atom. The van der Waals surface area contributed by atoms with Gasteiger partial charge in [-0.2, -0.15) is 0 Å². The van der Waals surface area contributed by atoms with E-state index in [4.69, 9.17) is 9.47 Å². The summed E-state index contributed by atoms with van der Waals surface area (Å²) in [7, 11) is 0. The molecule has 2 aliphatic rings. The van der Waals surface area contributed by atoms with Crippen molar-refractivity contribution in [2.75, 3.05) is 0 Å². The standard InChI is InChI=1S/C10H10O2/c1-2-6-12-10(3-1)9-4-7-11-8-5-9/h1-10H. The molecule has 2 rings (SSSR count). The molecule has 0 spiro atoms. The van der Waals surface area contributed by atoms with Crippen molar-refractivity contribution in [3.63, 3.8) is 0 Å². The Balaban J connectivity index is 2.04. The molecule has 2 aliphatic heterocycles. The monoisotopic (exact) mass is 162 g/mol. The molecule has 0 aliphatic carbocycles. The van der Waals surface area contributed by atoms with Gasteiger partial charge in [-0.15, -0.1) is 0 Å². The first-order valence-corrected chi connectivity index (χ1v) is 3.94. The first-order valence-electron chi connectivity index (χ1n) is 3.94. The van der Waals surface area contributed by atoms with Gasteiger partial charge in [-0.05, 0) is 24.3 Å². The molecule has 0 aromatic carbocycles. The van der Waals surface area contributed by atoms with Crippen molar-refractivity contribution in [1.82, 2.24) is 0 Å². The molecule has 2 heterocycles. The van der Waals surface area contributed by atoms with Crippen molar-refractivity contribution >= 4 is 0 Å². The summed E-state index contributed by atoms with van der Waals surface area (Å²) in [5.74, 6) is 0.292. The third kappa shape index (κ3) is 1.42. The highest BCUT2D eigenvalue weighted by Gasteiger charge is 2.16. The Kier molecular flexibility index (Phi) is 1.99. The molecule has 0 fully saturated rings. The van der Waals surface area contributed by atoms with Crippen molar-refractivity contribution in [2.45, 2.75) is 6.10 Å². The lowest BCUT2D eigenvalue weighted by Crippen LogP contribution is -2.18. The molecule has 0 saturated heterocycles. The molecule has 1 atom stereocenters. The normalized spacial score (nSPS) is 26.8. The molecular formula is C10H10O2. The topological polar surface area (TPSA) is 18.5 Å². The van der Waals surface area contributed by atoms with Gasteiger partial charge in [-0.1, -0.05) is 6.08 Å². The largest absolute Gasteiger partial charge is 0.493 e. The van der Waals surface area contributed by atoms with E-state index in [1.54, 1.807) is 18.8 Å². The number of ether oxygens (including phenoxy) is 2. The van der Waals surface area contributed by atoms with E-state index in [0.29, 0.717) is 5.92 Å². The summed E-state index contributed by atoms with van der Waals surface area (Å²) in [5, 5.41) is 0. The van der Waals surface area contributed by atoms with E-state index in [1.807, 2.05) is 30.4 Å². The zero-order valence-electron chi connectivity index (χ0n) is 6.59. The van der Waals surface area contributed by atoms with E-state index in [1.165, 1.54) is 0 Å². The maximum absolute atomic E-state index is 5.39. The van der Waals surface area contributed by atoms with Crippen LogP contribution >= 0.6 is 0 Å². The fourth-order valence-corrected chi connectivity index (χ4v) is 1.22. The van der Waals surface area contributed by atoms with Crippen molar-refractivity contribution in [3.8, 4) is 0 Å². The first kappa shape index (κ1) is 7.22. The molecule has 1 unspecified atom stereocenters. The summed E-state index contributed by atoms with van der Waals surface area (Å²) in [4.78, 5) is 0. The number of hydrogen-bond donors (Lipinski definition) is 0. The van der Waals surface area contributed by atoms with E-state index in [-0.39, 0.29) is 6.10 Å². The fourth-order valence-electron chi connectivity index (χ4n) is 1.22. The molecule has 2 heteroatoms. The summed E-state index contributed by atoms with van der Waals surface area (Å²) in [6.45, 7) is 0. The Morgan fingerprint density at radius 2 is 1.67 bits per heavy atom. The summed E-state index contributed by atoms with van der Waals surface area (Å²) in [6, 6.07) is 0. The summed E-state index contributed by atoms with van der Waals surface area (Å²) >= 11 is 0. The van der Waals surface area contributed by atoms with Gasteiger partial charge in [0.25, 0.3) is 0 Å². The lowest BCUT2D eigenvalue weighted by molar-refractivity contribution is 0.156. The average Bonchev–Trinajstić information content (AvgIpc) is 2.21. The van der Waals surface area contributed by atoms with Crippen LogP contribution in [0.2, 0.25) is 0 Å². The van der Waals surface area contributed by atoms with Crippen LogP contribution in [0.15, 0.2) is 49.2 Å². The zero-order chi connectivity index (χ0) is 8.23. The van der Waals surface area contributed by atoms with Crippen LogP contribution in [0.1, 0.15) is 0 Å². The molecule has 62 valence electrons. The smallest absolute Gasteiger partial charge is 0.126 e. The minimum Gasteiger partial charge on any atom is -0.493 e. The Labute approximate surface area is 71.5 Å². The molecule has 0 bridgehead atoms. The molecular weight excluding hydrogens is 152 g/mol. The SMILES string of the molecule is C1=COC(C2C=COC=C2)C=C1. The number of rotatable bonds is 1. The molecule has 0 amide bonds. The van der Waals surface area contributed by atoms with Gasteiger partial charge in [0, 0.05) is 5.92 Å². The summed E-state index contributed by atoms with van der Waals surface area (Å²) < 4.78 is 10.3. The van der Waals surface area contributed by atoms with Gasteiger partial charge in [-0.25, -0.2) is 0 Å². The van der Waals surface area contributed by atoms with Crippen LogP contribution in [0.4, 0.5) is 0 Å². The van der Waals surface area contributed by atoms with Crippen molar-refractivity contribution in [2.24, 2.45) is 5.92 Å². The molecule has 0 aromatic heterocycles. The predicted octanol–water partition coefficient (Wildman–Crippen LogP) is 2.13. The maximum atomic E-state index is 5.39. The summed E-state index contributed by atoms with van der Waals surface area (Å²) in [6.07, 6.45) is 15.1. The van der Waals surface area contributed by atoms with Gasteiger partial charge in [0.15, 0.2) is 0 Å². The van der Waals surface area contributed by atoms with Crippen LogP contribution in [0.5, 0.6) is 0 Å². The van der Waals surface area contributed by atoms with Gasteiger partial charge < -0.3 is 9.47 Å². The second-order valence-electron chi connectivity index (χ2n) is 2.68. The number of hydrogen-bond acceptors (Lipinski definition) is 2. The van der Waals surface area contributed by atoms with Crippen LogP contribution in [0.3, 0.4) is 0 Å². The Morgan fingerprint density at radius 3 is 2.33 bits per heavy atom. The van der Waals surface area contributed by atoms with Gasteiger partial charge in [0.1, 0.15) is 6.10 Å². The van der Waals surface area contributed by atoms with Crippen molar-refractivity contribution in [1.29, 1.82) is 0 Å². The van der Waals surface area contributed by atoms with Crippen LogP contribution in [-0.2, 0) is 9.47 Å². The second kappa shape index (κ2) is 3.30. The van der Waals surface area contributed by atoms with Gasteiger partial charge in [0.2, 0.25) is 0 Å². The average molecular weight is 162 g/mol. The molecule has 0 radical (unpaired) electrons. The predicted molar refractivity (Wildman–Crippen MR) is 46.0 cm³/mol. The summed E-state index contributed by atoms with van der Waals surface area (Å²) in [5.41, 5.74) is 0. The zero-order valence-corrected chi connectivity index (χ0v) is 6.59. The minimum atomic E-state index is 0.117. The van der Waals surface area contributed by atoms with Crippen LogP contribution < -0.4 is 0 Å². The van der Waals surface area contributed by atoms with E-state index in [0.717, 1.165) is 0 Å². The Bertz CT molecular complexity index is 249. The van der Waals surface area contributed by atoms with E-state index in [9.17, 15) is 0 Å². The van der Waals surface area contributed by atoms with E-state index in [2.05, 4.69) is 0 Å². The lowest BCUT2D eigenvalue weighted by atomic mass is 10.0. The fraction of sp³-hybridized carbons (Fsp3) is 0.200. The number of allylic oxidation sites excluding steroid dienone is 2. The van der Waals surface area contributed by atoms with Crippen LogP contribution in [-0.4, -0.2) is 6.10 Å². The van der Waals surface area contributed by atoms with Crippen LogP contribution in [0, 0.1) is 5.92 Å². The quantitative estimate of drug-likeness (QED) is 0.588. The highest BCUT2D eigenvalue weighted by Crippen LogP contribution is 2.18. The molecule has 12 heavy (non-hydrogen) atoms. The van der Waals surface area contributed by atoms with E-state index >= 15 is 0 Å². The van der Waals surface area contributed by atoms with Crippen molar-refractivity contribution < 1.29 is 9.47 Å². The highest BCUT2D eigenvalue weighted by atomic mass is 16.5. The van der Waals surface area contributed by atoms with Crippen LogP contribution in [0.25, 0.3) is 0 Å². The minimum absolute atomic E-state index is 0.117. The van der Waals surface area contributed by atoms with Gasteiger partial charge in [0.05, 0.1) is 18.8 Å². The van der Waals surface area contributed by atoms with Crippen molar-refractivity contribution in [3.05, 3.63) is 49.2 Å². The van der Waals surface area contributed by atoms with E-state index < -0.39 is 0 Å². The molecule has 2 nitrogen and oxygen atoms in total. The third-order valence-corrected chi connectivity index (χ3v) is 1.86.